The van der Waals surface area contributed by atoms with E-state index in [4.69, 9.17) is 4.74 Å². The van der Waals surface area contributed by atoms with Crippen molar-refractivity contribution in [3.05, 3.63) is 24.3 Å². The number of benzene rings is 1. The summed E-state index contributed by atoms with van der Waals surface area (Å²) in [4.78, 5) is -0.350. The highest BCUT2D eigenvalue weighted by molar-refractivity contribution is 7.96. The quantitative estimate of drug-likeness (QED) is 0.688. The van der Waals surface area contributed by atoms with Gasteiger partial charge >= 0.3 is 0 Å². The molecule has 0 saturated carbocycles. The van der Waals surface area contributed by atoms with Gasteiger partial charge in [0.05, 0.1) is 32.7 Å². The molecule has 0 aromatic heterocycles. The summed E-state index contributed by atoms with van der Waals surface area (Å²) in [5, 5.41) is -1.04. The molecule has 2 heterocycles. The summed E-state index contributed by atoms with van der Waals surface area (Å²) in [6, 6.07) is 5.02. The lowest BCUT2D eigenvalue weighted by Crippen LogP contribution is -2.32. The summed E-state index contributed by atoms with van der Waals surface area (Å²) >= 11 is 0. The van der Waals surface area contributed by atoms with E-state index >= 15 is 0 Å². The Morgan fingerprint density at radius 3 is 2.46 bits per heavy atom. The second-order valence-electron chi connectivity index (χ2n) is 6.53. The van der Waals surface area contributed by atoms with Crippen LogP contribution in [-0.4, -0.2) is 61.3 Å². The van der Waals surface area contributed by atoms with Crippen molar-refractivity contribution in [3.8, 4) is 0 Å². The fourth-order valence-corrected chi connectivity index (χ4v) is 8.70. The van der Waals surface area contributed by atoms with Gasteiger partial charge in [-0.25, -0.2) is 30.0 Å². The van der Waals surface area contributed by atoms with Gasteiger partial charge in [-0.05, 0) is 37.5 Å². The molecule has 0 amide bonds. The number of ether oxygens (including phenoxy) is 1. The maximum absolute atomic E-state index is 12.7. The molecule has 0 aliphatic carbocycles. The summed E-state index contributed by atoms with van der Waals surface area (Å²) < 4.78 is 81.2. The molecule has 146 valence electrons. The van der Waals surface area contributed by atoms with E-state index in [9.17, 15) is 25.3 Å². The van der Waals surface area contributed by atoms with E-state index < -0.39 is 40.7 Å². The van der Waals surface area contributed by atoms with Gasteiger partial charge in [-0.3, -0.25) is 0 Å². The van der Waals surface area contributed by atoms with Crippen molar-refractivity contribution >= 4 is 29.7 Å². The zero-order valence-corrected chi connectivity index (χ0v) is 16.4. The van der Waals surface area contributed by atoms with Crippen LogP contribution in [0, 0.1) is 0 Å². The molecule has 0 unspecified atom stereocenters. The highest BCUT2D eigenvalue weighted by atomic mass is 32.2. The Hall–Kier alpha value is -1.01. The second-order valence-corrected chi connectivity index (χ2v) is 12.8. The van der Waals surface area contributed by atoms with Crippen LogP contribution in [0.4, 0.5) is 0 Å². The van der Waals surface area contributed by atoms with Gasteiger partial charge < -0.3 is 4.74 Å². The first-order valence-corrected chi connectivity index (χ1v) is 13.1. The minimum Gasteiger partial charge on any atom is -0.377 e. The molecule has 0 spiro atoms. The third-order valence-electron chi connectivity index (χ3n) is 4.60. The first kappa shape index (κ1) is 19.7. The molecular formula is C15H21NO7S3. The van der Waals surface area contributed by atoms with E-state index in [0.717, 1.165) is 18.9 Å². The van der Waals surface area contributed by atoms with Crippen LogP contribution in [0.25, 0.3) is 0 Å². The molecule has 2 aliphatic rings. The monoisotopic (exact) mass is 423 g/mol. The van der Waals surface area contributed by atoms with Crippen molar-refractivity contribution in [1.29, 1.82) is 0 Å². The summed E-state index contributed by atoms with van der Waals surface area (Å²) in [5.74, 6) is -0.596. The van der Waals surface area contributed by atoms with Crippen LogP contribution in [0.3, 0.4) is 0 Å². The van der Waals surface area contributed by atoms with Crippen LogP contribution >= 0.6 is 0 Å². The Bertz CT molecular complexity index is 978. The van der Waals surface area contributed by atoms with E-state index in [2.05, 4.69) is 4.72 Å². The summed E-state index contributed by atoms with van der Waals surface area (Å²) in [6.07, 6.45) is 1.50. The number of nitrogens with one attached hydrogen (secondary N) is 1. The van der Waals surface area contributed by atoms with Crippen LogP contribution in [0.5, 0.6) is 0 Å². The van der Waals surface area contributed by atoms with E-state index in [1.807, 2.05) is 0 Å². The molecule has 2 fully saturated rings. The average molecular weight is 424 g/mol. The summed E-state index contributed by atoms with van der Waals surface area (Å²) in [6.45, 7) is 0.727. The van der Waals surface area contributed by atoms with Crippen molar-refractivity contribution in [2.75, 3.05) is 24.7 Å². The maximum atomic E-state index is 12.7. The normalized spacial score (nSPS) is 26.2. The Labute approximate surface area is 153 Å². The fourth-order valence-electron chi connectivity index (χ4n) is 3.11. The Balaban J connectivity index is 1.81. The van der Waals surface area contributed by atoms with Crippen LogP contribution in [-0.2, 0) is 34.4 Å². The molecule has 1 aromatic carbocycles. The molecule has 1 aromatic rings. The van der Waals surface area contributed by atoms with Gasteiger partial charge in [-0.15, -0.1) is 0 Å². The van der Waals surface area contributed by atoms with Gasteiger partial charge in [0.25, 0.3) is 0 Å². The van der Waals surface area contributed by atoms with Crippen molar-refractivity contribution in [3.63, 3.8) is 0 Å². The average Bonchev–Trinajstić information content (AvgIpc) is 3.22. The molecule has 2 atom stereocenters. The molecule has 2 saturated heterocycles. The number of rotatable bonds is 6. The van der Waals surface area contributed by atoms with E-state index in [1.54, 1.807) is 0 Å². The minimum absolute atomic E-state index is 0.0267. The van der Waals surface area contributed by atoms with E-state index in [1.165, 1.54) is 18.2 Å². The zero-order chi connectivity index (χ0) is 19.0. The molecule has 26 heavy (non-hydrogen) atoms. The Kier molecular flexibility index (Phi) is 5.46. The summed E-state index contributed by atoms with van der Waals surface area (Å²) in [7, 11) is -11.2. The maximum Gasteiger partial charge on any atom is 0.240 e. The van der Waals surface area contributed by atoms with Gasteiger partial charge in [0.1, 0.15) is 0 Å². The first-order valence-electron chi connectivity index (χ1n) is 8.26. The SMILES string of the molecule is O=S1(=O)CC[C@H](S(=O)(=O)c2cccc(S(=O)(=O)NC[C@@H]3CCCO3)c2)C1. The van der Waals surface area contributed by atoms with Crippen LogP contribution in [0.2, 0.25) is 0 Å². The highest BCUT2D eigenvalue weighted by Crippen LogP contribution is 2.26. The first-order chi connectivity index (χ1) is 12.1. The Morgan fingerprint density at radius 2 is 1.85 bits per heavy atom. The lowest BCUT2D eigenvalue weighted by atomic mass is 10.2. The molecule has 1 N–H and O–H groups in total. The fraction of sp³-hybridized carbons (Fsp3) is 0.600. The van der Waals surface area contributed by atoms with Gasteiger partial charge in [-0.1, -0.05) is 6.07 Å². The van der Waals surface area contributed by atoms with E-state index in [-0.39, 0.29) is 34.6 Å². The topological polar surface area (TPSA) is 124 Å². The minimum atomic E-state index is -3.92. The number of hydrogen-bond donors (Lipinski definition) is 1. The van der Waals surface area contributed by atoms with Crippen molar-refractivity contribution in [1.82, 2.24) is 4.72 Å². The predicted molar refractivity (Wildman–Crippen MR) is 94.8 cm³/mol. The van der Waals surface area contributed by atoms with Crippen molar-refractivity contribution < 1.29 is 30.0 Å². The van der Waals surface area contributed by atoms with Gasteiger partial charge in [0, 0.05) is 13.2 Å². The lowest BCUT2D eigenvalue weighted by molar-refractivity contribution is 0.114. The largest absolute Gasteiger partial charge is 0.377 e. The third-order valence-corrected chi connectivity index (χ3v) is 10.2. The molecule has 3 rings (SSSR count). The van der Waals surface area contributed by atoms with Crippen LogP contribution in [0.15, 0.2) is 34.1 Å². The van der Waals surface area contributed by atoms with Crippen molar-refractivity contribution in [2.45, 2.75) is 40.4 Å². The number of hydrogen-bond acceptors (Lipinski definition) is 7. The molecule has 0 bridgehead atoms. The molecule has 2 aliphatic heterocycles. The second kappa shape index (κ2) is 7.19. The summed E-state index contributed by atoms with van der Waals surface area (Å²) in [5.41, 5.74) is 0. The molecular weight excluding hydrogens is 402 g/mol. The van der Waals surface area contributed by atoms with Gasteiger partial charge in [0.15, 0.2) is 19.7 Å². The molecule has 0 radical (unpaired) electrons. The molecule has 11 heteroatoms. The van der Waals surface area contributed by atoms with E-state index in [0.29, 0.717) is 6.61 Å². The molecule has 8 nitrogen and oxygen atoms in total. The third kappa shape index (κ3) is 4.28. The Morgan fingerprint density at radius 1 is 1.12 bits per heavy atom. The van der Waals surface area contributed by atoms with Crippen LogP contribution < -0.4 is 4.72 Å². The highest BCUT2D eigenvalue weighted by Gasteiger charge is 2.38. The smallest absolute Gasteiger partial charge is 0.240 e. The van der Waals surface area contributed by atoms with Gasteiger partial charge in [-0.2, -0.15) is 0 Å². The predicted octanol–water partition coefficient (Wildman–Crippen LogP) is 0.105. The van der Waals surface area contributed by atoms with Crippen LogP contribution in [0.1, 0.15) is 19.3 Å². The number of sulfone groups is 2. The lowest BCUT2D eigenvalue weighted by Gasteiger charge is -2.13. The van der Waals surface area contributed by atoms with Gasteiger partial charge in [0.2, 0.25) is 10.0 Å². The number of sulfonamides is 1. The zero-order valence-electron chi connectivity index (χ0n) is 14.0. The van der Waals surface area contributed by atoms with Crippen molar-refractivity contribution in [2.24, 2.45) is 0 Å². The standard InChI is InChI=1S/C15H21NO7S3/c17-24(18)8-6-15(11-24)25(19,20)13-4-1-5-14(9-13)26(21,22)16-10-12-3-2-7-23-12/h1,4-5,9,12,15-16H,2-3,6-8,10-11H2/t12-,15-/m0/s1.